The molecule has 0 aromatic heterocycles. The SMILES string of the molecule is O=C(O)C(O)[C@H](CCOCc1ccccc1)C(=O)O. The molecule has 0 aliphatic rings. The summed E-state index contributed by atoms with van der Waals surface area (Å²) in [4.78, 5) is 21.4. The van der Waals surface area contributed by atoms with Crippen LogP contribution >= 0.6 is 0 Å². The standard InChI is InChI=1S/C13H16O6/c14-11(13(17)18)10(12(15)16)6-7-19-8-9-4-2-1-3-5-9/h1-5,10-11,14H,6-8H2,(H,15,16)(H,17,18)/t10-,11?/m0/s1. The van der Waals surface area contributed by atoms with Gasteiger partial charge in [-0.15, -0.1) is 0 Å². The van der Waals surface area contributed by atoms with Gasteiger partial charge in [0.2, 0.25) is 0 Å². The van der Waals surface area contributed by atoms with Crippen molar-refractivity contribution in [3.8, 4) is 0 Å². The van der Waals surface area contributed by atoms with E-state index >= 15 is 0 Å². The Morgan fingerprint density at radius 2 is 1.74 bits per heavy atom. The molecule has 0 spiro atoms. The van der Waals surface area contributed by atoms with Crippen LogP contribution in [-0.2, 0) is 20.9 Å². The molecular weight excluding hydrogens is 252 g/mol. The molecule has 0 saturated carbocycles. The van der Waals surface area contributed by atoms with Gasteiger partial charge < -0.3 is 20.1 Å². The van der Waals surface area contributed by atoms with Crippen LogP contribution in [0.5, 0.6) is 0 Å². The van der Waals surface area contributed by atoms with E-state index in [-0.39, 0.29) is 13.0 Å². The predicted molar refractivity (Wildman–Crippen MR) is 65.5 cm³/mol. The normalized spacial score (nSPS) is 13.7. The highest BCUT2D eigenvalue weighted by Crippen LogP contribution is 2.11. The van der Waals surface area contributed by atoms with Crippen molar-refractivity contribution in [3.05, 3.63) is 35.9 Å². The molecule has 1 aromatic rings. The molecule has 6 heteroatoms. The minimum atomic E-state index is -1.92. The van der Waals surface area contributed by atoms with Crippen molar-refractivity contribution in [1.29, 1.82) is 0 Å². The van der Waals surface area contributed by atoms with Gasteiger partial charge in [0.05, 0.1) is 12.5 Å². The smallest absolute Gasteiger partial charge is 0.333 e. The lowest BCUT2D eigenvalue weighted by Crippen LogP contribution is -2.35. The van der Waals surface area contributed by atoms with Gasteiger partial charge in [0.15, 0.2) is 6.10 Å². The Morgan fingerprint density at radius 3 is 2.26 bits per heavy atom. The van der Waals surface area contributed by atoms with E-state index in [0.717, 1.165) is 5.56 Å². The summed E-state index contributed by atoms with van der Waals surface area (Å²) in [7, 11) is 0. The van der Waals surface area contributed by atoms with Gasteiger partial charge in [-0.3, -0.25) is 4.79 Å². The molecule has 6 nitrogen and oxygen atoms in total. The number of carboxylic acids is 2. The molecule has 0 aliphatic carbocycles. The van der Waals surface area contributed by atoms with Crippen molar-refractivity contribution >= 4 is 11.9 Å². The van der Waals surface area contributed by atoms with Crippen LogP contribution in [0, 0.1) is 5.92 Å². The molecule has 3 N–H and O–H groups in total. The molecule has 19 heavy (non-hydrogen) atoms. The number of carbonyl (C=O) groups is 2. The Balaban J connectivity index is 2.37. The van der Waals surface area contributed by atoms with E-state index in [0.29, 0.717) is 6.61 Å². The van der Waals surface area contributed by atoms with Gasteiger partial charge in [0.1, 0.15) is 0 Å². The van der Waals surface area contributed by atoms with Gasteiger partial charge in [-0.05, 0) is 12.0 Å². The van der Waals surface area contributed by atoms with Crippen LogP contribution in [0.1, 0.15) is 12.0 Å². The van der Waals surface area contributed by atoms with E-state index in [1.807, 2.05) is 30.3 Å². The highest BCUT2D eigenvalue weighted by molar-refractivity contribution is 5.81. The van der Waals surface area contributed by atoms with Crippen LogP contribution in [0.25, 0.3) is 0 Å². The van der Waals surface area contributed by atoms with E-state index in [2.05, 4.69) is 0 Å². The second-order valence-corrected chi connectivity index (χ2v) is 4.05. The minimum Gasteiger partial charge on any atom is -0.481 e. The Morgan fingerprint density at radius 1 is 1.11 bits per heavy atom. The van der Waals surface area contributed by atoms with Gasteiger partial charge in [0.25, 0.3) is 0 Å². The van der Waals surface area contributed by atoms with Gasteiger partial charge in [-0.25, -0.2) is 4.79 Å². The van der Waals surface area contributed by atoms with Gasteiger partial charge in [-0.1, -0.05) is 30.3 Å². The minimum absolute atomic E-state index is 0.0599. The molecule has 1 aromatic carbocycles. The summed E-state index contributed by atoms with van der Waals surface area (Å²) >= 11 is 0. The zero-order valence-electron chi connectivity index (χ0n) is 10.2. The number of carboxylic acid groups (broad SMARTS) is 2. The van der Waals surface area contributed by atoms with E-state index < -0.39 is 24.0 Å². The zero-order valence-corrected chi connectivity index (χ0v) is 10.2. The van der Waals surface area contributed by atoms with E-state index in [9.17, 15) is 14.7 Å². The highest BCUT2D eigenvalue weighted by atomic mass is 16.5. The summed E-state index contributed by atoms with van der Waals surface area (Å²) in [5.41, 5.74) is 0.938. The second kappa shape index (κ2) is 7.50. The van der Waals surface area contributed by atoms with E-state index in [1.54, 1.807) is 0 Å². The first-order valence-corrected chi connectivity index (χ1v) is 5.77. The molecule has 1 rings (SSSR count). The van der Waals surface area contributed by atoms with Crippen LogP contribution < -0.4 is 0 Å². The summed E-state index contributed by atoms with van der Waals surface area (Å²) in [5, 5.41) is 26.6. The molecule has 104 valence electrons. The number of hydrogen-bond acceptors (Lipinski definition) is 4. The average molecular weight is 268 g/mol. The van der Waals surface area contributed by atoms with Crippen LogP contribution in [-0.4, -0.2) is 40.0 Å². The van der Waals surface area contributed by atoms with Crippen LogP contribution in [0.3, 0.4) is 0 Å². The Kier molecular flexibility index (Phi) is 5.98. The summed E-state index contributed by atoms with van der Waals surface area (Å²) in [6.07, 6.45) is -1.98. The molecule has 1 unspecified atom stereocenters. The molecule has 2 atom stereocenters. The number of aliphatic hydroxyl groups is 1. The van der Waals surface area contributed by atoms with Crippen LogP contribution in [0.15, 0.2) is 30.3 Å². The monoisotopic (exact) mass is 268 g/mol. The number of rotatable bonds is 8. The molecule has 0 heterocycles. The fourth-order valence-corrected chi connectivity index (χ4v) is 1.56. The first-order valence-electron chi connectivity index (χ1n) is 5.77. The van der Waals surface area contributed by atoms with Crippen molar-refractivity contribution in [2.75, 3.05) is 6.61 Å². The number of ether oxygens (including phenoxy) is 1. The molecule has 0 amide bonds. The first-order chi connectivity index (χ1) is 9.02. The third-order valence-corrected chi connectivity index (χ3v) is 2.64. The van der Waals surface area contributed by atoms with Crippen molar-refractivity contribution in [2.24, 2.45) is 5.92 Å². The van der Waals surface area contributed by atoms with E-state index in [1.165, 1.54) is 0 Å². The maximum atomic E-state index is 10.8. The van der Waals surface area contributed by atoms with Crippen molar-refractivity contribution in [3.63, 3.8) is 0 Å². The van der Waals surface area contributed by atoms with Gasteiger partial charge in [-0.2, -0.15) is 0 Å². The molecule has 0 aliphatic heterocycles. The number of aliphatic carboxylic acids is 2. The van der Waals surface area contributed by atoms with Gasteiger partial charge in [0, 0.05) is 6.61 Å². The topological polar surface area (TPSA) is 104 Å². The zero-order chi connectivity index (χ0) is 14.3. The third-order valence-electron chi connectivity index (χ3n) is 2.64. The lowest BCUT2D eigenvalue weighted by molar-refractivity contribution is -0.160. The van der Waals surface area contributed by atoms with Crippen LogP contribution in [0.4, 0.5) is 0 Å². The summed E-state index contributed by atoms with van der Waals surface area (Å²) < 4.78 is 5.26. The quantitative estimate of drug-likeness (QED) is 0.601. The maximum Gasteiger partial charge on any atom is 0.333 e. The maximum absolute atomic E-state index is 10.8. The largest absolute Gasteiger partial charge is 0.481 e. The molecular formula is C13H16O6. The summed E-state index contributed by atoms with van der Waals surface area (Å²) in [5.74, 6) is -4.26. The lowest BCUT2D eigenvalue weighted by atomic mass is 9.99. The predicted octanol–water partition coefficient (Wildman–Crippen LogP) is 0.740. The second-order valence-electron chi connectivity index (χ2n) is 4.05. The fraction of sp³-hybridized carbons (Fsp3) is 0.385. The molecule has 0 bridgehead atoms. The average Bonchev–Trinajstić information content (AvgIpc) is 2.38. The Hall–Kier alpha value is -1.92. The molecule has 0 fully saturated rings. The fourth-order valence-electron chi connectivity index (χ4n) is 1.56. The molecule has 0 radical (unpaired) electrons. The van der Waals surface area contributed by atoms with Gasteiger partial charge >= 0.3 is 11.9 Å². The summed E-state index contributed by atoms with van der Waals surface area (Å²) in [6.45, 7) is 0.381. The first kappa shape index (κ1) is 15.1. The number of benzene rings is 1. The Labute approximate surface area is 110 Å². The summed E-state index contributed by atoms with van der Waals surface area (Å²) in [6, 6.07) is 9.30. The number of hydrogen-bond donors (Lipinski definition) is 3. The van der Waals surface area contributed by atoms with Crippen molar-refractivity contribution < 1.29 is 29.6 Å². The van der Waals surface area contributed by atoms with Crippen molar-refractivity contribution in [2.45, 2.75) is 19.1 Å². The van der Waals surface area contributed by atoms with Crippen molar-refractivity contribution in [1.82, 2.24) is 0 Å². The Bertz CT molecular complexity index is 416. The van der Waals surface area contributed by atoms with Crippen LogP contribution in [0.2, 0.25) is 0 Å². The van der Waals surface area contributed by atoms with E-state index in [4.69, 9.17) is 14.9 Å². The lowest BCUT2D eigenvalue weighted by Gasteiger charge is -2.15. The molecule has 0 saturated heterocycles. The number of aliphatic hydroxyl groups excluding tert-OH is 1. The highest BCUT2D eigenvalue weighted by Gasteiger charge is 2.31. The third kappa shape index (κ3) is 5.07.